The largest absolute Gasteiger partial charge is 0.480 e. The molecular formula is C14H23N3O4. The van der Waals surface area contributed by atoms with Gasteiger partial charge >= 0.3 is 12.0 Å². The fraction of sp³-hybridized carbons (Fsp3) is 0.786. The zero-order valence-electron chi connectivity index (χ0n) is 12.4. The zero-order chi connectivity index (χ0) is 15.4. The van der Waals surface area contributed by atoms with Crippen molar-refractivity contribution in [3.63, 3.8) is 0 Å². The van der Waals surface area contributed by atoms with Crippen LogP contribution in [0.25, 0.3) is 0 Å². The predicted octanol–water partition coefficient (Wildman–Crippen LogP) is 0.646. The highest BCUT2D eigenvalue weighted by Crippen LogP contribution is 2.24. The van der Waals surface area contributed by atoms with E-state index in [0.29, 0.717) is 25.9 Å². The van der Waals surface area contributed by atoms with Crippen LogP contribution in [0.4, 0.5) is 4.79 Å². The number of rotatable bonds is 2. The van der Waals surface area contributed by atoms with Gasteiger partial charge in [-0.2, -0.15) is 0 Å². The lowest BCUT2D eigenvalue weighted by Crippen LogP contribution is -2.54. The molecule has 0 aromatic heterocycles. The van der Waals surface area contributed by atoms with Crippen LogP contribution in [0.15, 0.2) is 0 Å². The van der Waals surface area contributed by atoms with E-state index >= 15 is 0 Å². The molecule has 118 valence electrons. The van der Waals surface area contributed by atoms with Crippen molar-refractivity contribution in [2.24, 2.45) is 0 Å². The molecule has 2 unspecified atom stereocenters. The van der Waals surface area contributed by atoms with E-state index in [2.05, 4.69) is 5.32 Å². The number of amides is 3. The molecule has 2 rings (SSSR count). The average Bonchev–Trinajstić information content (AvgIpc) is 2.82. The van der Waals surface area contributed by atoms with Gasteiger partial charge in [0.2, 0.25) is 5.91 Å². The van der Waals surface area contributed by atoms with Gasteiger partial charge in [-0.15, -0.1) is 0 Å². The summed E-state index contributed by atoms with van der Waals surface area (Å²) in [4.78, 5) is 38.9. The van der Waals surface area contributed by atoms with Crippen molar-refractivity contribution >= 4 is 17.9 Å². The van der Waals surface area contributed by atoms with Gasteiger partial charge in [-0.3, -0.25) is 4.79 Å². The Kier molecular flexibility index (Phi) is 5.03. The fourth-order valence-corrected chi connectivity index (χ4v) is 3.19. The molecule has 3 amide bonds. The number of carboxylic acid groups (broad SMARTS) is 1. The highest BCUT2D eigenvalue weighted by molar-refractivity contribution is 5.89. The Morgan fingerprint density at radius 2 is 1.57 bits per heavy atom. The van der Waals surface area contributed by atoms with E-state index < -0.39 is 18.1 Å². The number of nitrogens with zero attached hydrogens (tertiary/aromatic N) is 2. The van der Waals surface area contributed by atoms with E-state index in [1.165, 1.54) is 9.80 Å². The smallest absolute Gasteiger partial charge is 0.326 e. The third-order valence-corrected chi connectivity index (χ3v) is 4.33. The minimum absolute atomic E-state index is 0.178. The van der Waals surface area contributed by atoms with Crippen LogP contribution in [0.5, 0.6) is 0 Å². The summed E-state index contributed by atoms with van der Waals surface area (Å²) >= 11 is 0. The van der Waals surface area contributed by atoms with Gasteiger partial charge in [0.25, 0.3) is 0 Å². The van der Waals surface area contributed by atoms with Crippen molar-refractivity contribution in [2.45, 2.75) is 50.6 Å². The van der Waals surface area contributed by atoms with E-state index in [0.717, 1.165) is 25.7 Å². The van der Waals surface area contributed by atoms with E-state index in [1.54, 1.807) is 7.05 Å². The quantitative estimate of drug-likeness (QED) is 0.783. The van der Waals surface area contributed by atoms with E-state index in [1.807, 2.05) is 0 Å². The summed E-state index contributed by atoms with van der Waals surface area (Å²) in [6.07, 6.45) is 4.46. The second-order valence-electron chi connectivity index (χ2n) is 5.65. The standard InChI is InChI=1S/C14H23N3O4/c1-15-12(18)10-7-5-9-16(10)14(21)17-8-4-2-3-6-11(17)13(19)20/h10-11H,2-9H2,1H3,(H,15,18)(H,19,20). The lowest BCUT2D eigenvalue weighted by molar-refractivity contribution is -0.142. The van der Waals surface area contributed by atoms with Crippen molar-refractivity contribution in [1.82, 2.24) is 15.1 Å². The zero-order valence-corrected chi connectivity index (χ0v) is 12.4. The van der Waals surface area contributed by atoms with Crippen molar-refractivity contribution < 1.29 is 19.5 Å². The first-order valence-electron chi connectivity index (χ1n) is 7.58. The molecule has 0 radical (unpaired) electrons. The number of carbonyl (C=O) groups excluding carboxylic acids is 2. The number of hydrogen-bond donors (Lipinski definition) is 2. The molecule has 21 heavy (non-hydrogen) atoms. The van der Waals surface area contributed by atoms with Crippen LogP contribution < -0.4 is 5.32 Å². The van der Waals surface area contributed by atoms with E-state index in [9.17, 15) is 19.5 Å². The number of likely N-dealkylation sites (N-methyl/N-ethyl adjacent to an activating group) is 1. The first-order chi connectivity index (χ1) is 10.1. The van der Waals surface area contributed by atoms with Crippen LogP contribution in [-0.2, 0) is 9.59 Å². The molecule has 0 aromatic rings. The monoisotopic (exact) mass is 297 g/mol. The lowest BCUT2D eigenvalue weighted by Gasteiger charge is -2.33. The van der Waals surface area contributed by atoms with Gasteiger partial charge in [0.15, 0.2) is 0 Å². The van der Waals surface area contributed by atoms with Crippen LogP contribution >= 0.6 is 0 Å². The normalized spacial score (nSPS) is 26.3. The maximum absolute atomic E-state index is 12.7. The van der Waals surface area contributed by atoms with Crippen LogP contribution in [-0.4, -0.2) is 65.0 Å². The van der Waals surface area contributed by atoms with Gasteiger partial charge in [-0.25, -0.2) is 9.59 Å². The Labute approximate surface area is 124 Å². The van der Waals surface area contributed by atoms with Crippen LogP contribution in [0.2, 0.25) is 0 Å². The van der Waals surface area contributed by atoms with Gasteiger partial charge in [-0.1, -0.05) is 12.8 Å². The number of aliphatic carboxylic acids is 1. The molecule has 2 aliphatic rings. The van der Waals surface area contributed by atoms with Gasteiger partial charge in [-0.05, 0) is 25.7 Å². The third-order valence-electron chi connectivity index (χ3n) is 4.33. The molecule has 7 heteroatoms. The van der Waals surface area contributed by atoms with Crippen molar-refractivity contribution in [1.29, 1.82) is 0 Å². The lowest BCUT2D eigenvalue weighted by atomic mass is 10.1. The summed E-state index contributed by atoms with van der Waals surface area (Å²) in [5, 5.41) is 11.9. The van der Waals surface area contributed by atoms with E-state index in [-0.39, 0.29) is 11.9 Å². The summed E-state index contributed by atoms with van der Waals surface area (Å²) in [5.41, 5.74) is 0. The van der Waals surface area contributed by atoms with E-state index in [4.69, 9.17) is 0 Å². The molecular weight excluding hydrogens is 274 g/mol. The molecule has 2 saturated heterocycles. The topological polar surface area (TPSA) is 90.0 Å². The average molecular weight is 297 g/mol. The predicted molar refractivity (Wildman–Crippen MR) is 75.8 cm³/mol. The maximum Gasteiger partial charge on any atom is 0.326 e. The number of likely N-dealkylation sites (tertiary alicyclic amines) is 2. The molecule has 0 bridgehead atoms. The summed E-state index contributed by atoms with van der Waals surface area (Å²) in [6.45, 7) is 0.965. The molecule has 0 spiro atoms. The van der Waals surface area contributed by atoms with Gasteiger partial charge in [0.05, 0.1) is 0 Å². The first-order valence-corrected chi connectivity index (χ1v) is 7.58. The molecule has 0 aliphatic carbocycles. The summed E-state index contributed by atoms with van der Waals surface area (Å²) < 4.78 is 0. The Hall–Kier alpha value is -1.79. The van der Waals surface area contributed by atoms with Crippen LogP contribution in [0.1, 0.15) is 38.5 Å². The van der Waals surface area contributed by atoms with Crippen molar-refractivity contribution in [3.05, 3.63) is 0 Å². The number of nitrogens with one attached hydrogen (secondary N) is 1. The molecule has 2 heterocycles. The minimum atomic E-state index is -0.957. The number of carbonyl (C=O) groups is 3. The summed E-state index contributed by atoms with van der Waals surface area (Å²) in [5.74, 6) is -1.14. The summed E-state index contributed by atoms with van der Waals surface area (Å²) in [7, 11) is 1.55. The van der Waals surface area contributed by atoms with Gasteiger partial charge < -0.3 is 20.2 Å². The SMILES string of the molecule is CNC(=O)C1CCCN1C(=O)N1CCCCCC1C(=O)O. The molecule has 2 fully saturated rings. The summed E-state index contributed by atoms with van der Waals surface area (Å²) in [6, 6.07) is -1.55. The second kappa shape index (κ2) is 6.78. The maximum atomic E-state index is 12.7. The fourth-order valence-electron chi connectivity index (χ4n) is 3.19. The minimum Gasteiger partial charge on any atom is -0.480 e. The molecule has 0 saturated carbocycles. The first kappa shape index (κ1) is 15.6. The second-order valence-corrected chi connectivity index (χ2v) is 5.65. The number of hydrogen-bond acceptors (Lipinski definition) is 3. The molecule has 2 aliphatic heterocycles. The Morgan fingerprint density at radius 3 is 2.24 bits per heavy atom. The van der Waals surface area contributed by atoms with Crippen molar-refractivity contribution in [2.75, 3.05) is 20.1 Å². The Bertz CT molecular complexity index is 426. The van der Waals surface area contributed by atoms with Crippen molar-refractivity contribution in [3.8, 4) is 0 Å². The molecule has 2 atom stereocenters. The highest BCUT2D eigenvalue weighted by Gasteiger charge is 2.39. The molecule has 7 nitrogen and oxygen atoms in total. The Balaban J connectivity index is 2.15. The number of carboxylic acids is 1. The Morgan fingerprint density at radius 1 is 0.952 bits per heavy atom. The number of urea groups is 1. The highest BCUT2D eigenvalue weighted by atomic mass is 16.4. The van der Waals surface area contributed by atoms with Gasteiger partial charge in [0.1, 0.15) is 12.1 Å². The van der Waals surface area contributed by atoms with Crippen LogP contribution in [0.3, 0.4) is 0 Å². The molecule has 2 N–H and O–H groups in total. The molecule has 0 aromatic carbocycles. The third kappa shape index (κ3) is 3.28. The van der Waals surface area contributed by atoms with Gasteiger partial charge in [0, 0.05) is 20.1 Å². The van der Waals surface area contributed by atoms with Crippen LogP contribution in [0, 0.1) is 0 Å².